The minimum Gasteiger partial charge on any atom is -0.457 e. The van der Waals surface area contributed by atoms with Crippen LogP contribution < -0.4 is 0 Å². The highest BCUT2D eigenvalue weighted by atomic mass is 32.2. The maximum atomic E-state index is 12.4. The SMILES string of the molecule is CC(=O)c1c(C)cc(C)c(COC(=O)c2ccccc2S(C)(=O)=O)c1C. The van der Waals surface area contributed by atoms with E-state index in [2.05, 4.69) is 0 Å². The lowest BCUT2D eigenvalue weighted by Gasteiger charge is -2.16. The minimum absolute atomic E-state index is 0.00390. The number of esters is 1. The summed E-state index contributed by atoms with van der Waals surface area (Å²) in [6, 6.07) is 7.83. The van der Waals surface area contributed by atoms with Crippen molar-refractivity contribution in [2.45, 2.75) is 39.2 Å². The molecular formula is C20H22O5S. The maximum absolute atomic E-state index is 12.4. The highest BCUT2D eigenvalue weighted by Gasteiger charge is 2.21. The van der Waals surface area contributed by atoms with Gasteiger partial charge >= 0.3 is 5.97 Å². The molecule has 0 aliphatic heterocycles. The molecular weight excluding hydrogens is 352 g/mol. The molecule has 0 saturated carbocycles. The molecule has 0 aliphatic rings. The number of benzene rings is 2. The summed E-state index contributed by atoms with van der Waals surface area (Å²) in [6.07, 6.45) is 1.05. The molecule has 0 N–H and O–H groups in total. The summed E-state index contributed by atoms with van der Waals surface area (Å²) < 4.78 is 29.1. The fourth-order valence-electron chi connectivity index (χ4n) is 3.16. The van der Waals surface area contributed by atoms with Crippen molar-refractivity contribution in [1.82, 2.24) is 0 Å². The van der Waals surface area contributed by atoms with E-state index in [-0.39, 0.29) is 22.8 Å². The number of rotatable bonds is 5. The summed E-state index contributed by atoms with van der Waals surface area (Å²) in [5, 5.41) is 0. The zero-order valence-electron chi connectivity index (χ0n) is 15.5. The van der Waals surface area contributed by atoms with E-state index in [1.807, 2.05) is 26.8 Å². The molecule has 0 heterocycles. The third kappa shape index (κ3) is 4.02. The first kappa shape index (κ1) is 19.8. The topological polar surface area (TPSA) is 77.5 Å². The predicted molar refractivity (Wildman–Crippen MR) is 99.3 cm³/mol. The Hall–Kier alpha value is -2.47. The Morgan fingerprint density at radius 2 is 1.65 bits per heavy atom. The molecule has 138 valence electrons. The highest BCUT2D eigenvalue weighted by Crippen LogP contribution is 2.24. The number of Topliss-reactive ketones (excluding diaryl/α,β-unsaturated/α-hetero) is 1. The van der Waals surface area contributed by atoms with Crippen LogP contribution in [0, 0.1) is 20.8 Å². The number of ether oxygens (including phenoxy) is 1. The zero-order valence-corrected chi connectivity index (χ0v) is 16.4. The fourth-order valence-corrected chi connectivity index (χ4v) is 4.04. The van der Waals surface area contributed by atoms with Gasteiger partial charge in [-0.2, -0.15) is 0 Å². The average molecular weight is 374 g/mol. The highest BCUT2D eigenvalue weighted by molar-refractivity contribution is 7.90. The van der Waals surface area contributed by atoms with E-state index in [1.54, 1.807) is 12.1 Å². The molecule has 2 aromatic carbocycles. The Bertz CT molecular complexity index is 988. The molecule has 0 bridgehead atoms. The van der Waals surface area contributed by atoms with E-state index in [0.717, 1.165) is 28.5 Å². The summed E-state index contributed by atoms with van der Waals surface area (Å²) in [5.74, 6) is -0.759. The zero-order chi connectivity index (χ0) is 19.6. The van der Waals surface area contributed by atoms with E-state index in [4.69, 9.17) is 4.74 Å². The van der Waals surface area contributed by atoms with Gasteiger partial charge in [0.15, 0.2) is 15.6 Å². The van der Waals surface area contributed by atoms with Crippen LogP contribution in [-0.4, -0.2) is 26.4 Å². The Morgan fingerprint density at radius 1 is 1.04 bits per heavy atom. The summed E-state index contributed by atoms with van der Waals surface area (Å²) >= 11 is 0. The van der Waals surface area contributed by atoms with Crippen molar-refractivity contribution in [3.05, 3.63) is 63.7 Å². The van der Waals surface area contributed by atoms with Crippen molar-refractivity contribution in [3.8, 4) is 0 Å². The molecule has 5 nitrogen and oxygen atoms in total. The van der Waals surface area contributed by atoms with Crippen LogP contribution >= 0.6 is 0 Å². The van der Waals surface area contributed by atoms with E-state index in [0.29, 0.717) is 5.56 Å². The maximum Gasteiger partial charge on any atom is 0.339 e. The van der Waals surface area contributed by atoms with E-state index in [1.165, 1.54) is 19.1 Å². The number of sulfone groups is 1. The van der Waals surface area contributed by atoms with Crippen LogP contribution in [0.4, 0.5) is 0 Å². The first-order valence-corrected chi connectivity index (χ1v) is 10.00. The van der Waals surface area contributed by atoms with Crippen LogP contribution in [0.3, 0.4) is 0 Å². The van der Waals surface area contributed by atoms with Crippen LogP contribution in [0.1, 0.15) is 49.9 Å². The Kier molecular flexibility index (Phi) is 5.66. The van der Waals surface area contributed by atoms with Crippen molar-refractivity contribution in [3.63, 3.8) is 0 Å². The average Bonchev–Trinajstić information content (AvgIpc) is 2.52. The van der Waals surface area contributed by atoms with E-state index >= 15 is 0 Å². The fraction of sp³-hybridized carbons (Fsp3) is 0.300. The molecule has 0 radical (unpaired) electrons. The van der Waals surface area contributed by atoms with Crippen LogP contribution in [-0.2, 0) is 21.2 Å². The second-order valence-electron chi connectivity index (χ2n) is 6.39. The van der Waals surface area contributed by atoms with Crippen molar-refractivity contribution >= 4 is 21.6 Å². The van der Waals surface area contributed by atoms with Gasteiger partial charge in [0.1, 0.15) is 6.61 Å². The molecule has 26 heavy (non-hydrogen) atoms. The van der Waals surface area contributed by atoms with Crippen LogP contribution in [0.2, 0.25) is 0 Å². The van der Waals surface area contributed by atoms with Crippen LogP contribution in [0.15, 0.2) is 35.2 Å². The normalized spacial score (nSPS) is 11.3. The number of aryl methyl sites for hydroxylation is 2. The second-order valence-corrected chi connectivity index (χ2v) is 8.37. The van der Waals surface area contributed by atoms with Gasteiger partial charge in [0.2, 0.25) is 0 Å². The van der Waals surface area contributed by atoms with Gasteiger partial charge in [-0.05, 0) is 62.1 Å². The quantitative estimate of drug-likeness (QED) is 0.590. The van der Waals surface area contributed by atoms with Gasteiger partial charge in [-0.25, -0.2) is 13.2 Å². The molecule has 0 saturated heterocycles. The lowest BCUT2D eigenvalue weighted by atomic mass is 9.92. The Balaban J connectivity index is 2.35. The molecule has 0 unspecified atom stereocenters. The van der Waals surface area contributed by atoms with Gasteiger partial charge in [0.25, 0.3) is 0 Å². The standard InChI is InChI=1S/C20H22O5S/c1-12-10-13(2)19(15(4)21)14(3)17(12)11-25-20(22)16-8-6-7-9-18(16)26(5,23)24/h6-10H,11H2,1-5H3. The lowest BCUT2D eigenvalue weighted by Crippen LogP contribution is -2.13. The van der Waals surface area contributed by atoms with Crippen molar-refractivity contribution in [1.29, 1.82) is 0 Å². The molecule has 0 aromatic heterocycles. The smallest absolute Gasteiger partial charge is 0.339 e. The van der Waals surface area contributed by atoms with E-state index < -0.39 is 15.8 Å². The second kappa shape index (κ2) is 7.41. The number of carbonyl (C=O) groups is 2. The van der Waals surface area contributed by atoms with Crippen LogP contribution in [0.25, 0.3) is 0 Å². The third-order valence-corrected chi connectivity index (χ3v) is 5.49. The van der Waals surface area contributed by atoms with Gasteiger partial charge < -0.3 is 4.74 Å². The molecule has 6 heteroatoms. The largest absolute Gasteiger partial charge is 0.457 e. The summed E-state index contributed by atoms with van der Waals surface area (Å²) in [7, 11) is -3.55. The van der Waals surface area contributed by atoms with Crippen LogP contribution in [0.5, 0.6) is 0 Å². The first-order chi connectivity index (χ1) is 12.0. The molecule has 0 aliphatic carbocycles. The van der Waals surface area contributed by atoms with Gasteiger partial charge in [0.05, 0.1) is 10.5 Å². The first-order valence-electron chi connectivity index (χ1n) is 8.11. The van der Waals surface area contributed by atoms with Gasteiger partial charge in [-0.1, -0.05) is 18.2 Å². The summed E-state index contributed by atoms with van der Waals surface area (Å²) in [6.45, 7) is 7.05. The number of hydrogen-bond donors (Lipinski definition) is 0. The minimum atomic E-state index is -3.55. The van der Waals surface area contributed by atoms with E-state index in [9.17, 15) is 18.0 Å². The summed E-state index contributed by atoms with van der Waals surface area (Å²) in [5.41, 5.74) is 3.95. The molecule has 2 aromatic rings. The third-order valence-electron chi connectivity index (χ3n) is 4.34. The molecule has 0 spiro atoms. The number of ketones is 1. The number of hydrogen-bond acceptors (Lipinski definition) is 5. The monoisotopic (exact) mass is 374 g/mol. The van der Waals surface area contributed by atoms with Gasteiger partial charge in [-0.3, -0.25) is 4.79 Å². The van der Waals surface area contributed by atoms with Crippen molar-refractivity contribution < 1.29 is 22.7 Å². The summed E-state index contributed by atoms with van der Waals surface area (Å²) in [4.78, 5) is 24.3. The molecule has 0 atom stereocenters. The van der Waals surface area contributed by atoms with Crippen molar-refractivity contribution in [2.24, 2.45) is 0 Å². The van der Waals surface area contributed by atoms with Crippen molar-refractivity contribution in [2.75, 3.05) is 6.26 Å². The van der Waals surface area contributed by atoms with Gasteiger partial charge in [0, 0.05) is 11.8 Å². The van der Waals surface area contributed by atoms with Gasteiger partial charge in [-0.15, -0.1) is 0 Å². The number of carbonyl (C=O) groups excluding carboxylic acids is 2. The molecule has 0 fully saturated rings. The molecule has 0 amide bonds. The Morgan fingerprint density at radius 3 is 2.23 bits per heavy atom. The Labute approximate surface area is 153 Å². The lowest BCUT2D eigenvalue weighted by molar-refractivity contribution is 0.0467. The molecule has 2 rings (SSSR count). The predicted octanol–water partition coefficient (Wildman–Crippen LogP) is 3.57.